The number of rotatable bonds is 85. The van der Waals surface area contributed by atoms with E-state index in [1.165, 1.54) is 0 Å². The highest BCUT2D eigenvalue weighted by Crippen LogP contribution is 2.44. The topological polar surface area (TPSA) is 341 Å². The third kappa shape index (κ3) is 56.9. The van der Waals surface area contributed by atoms with E-state index in [4.69, 9.17) is 129 Å². The first kappa shape index (κ1) is 98.4. The highest BCUT2D eigenvalue weighted by molar-refractivity contribution is 5.89. The molecular formula is C79H131N3O29. The number of ketones is 1. The van der Waals surface area contributed by atoms with Crippen LogP contribution in [0.1, 0.15) is 53.9 Å². The Morgan fingerprint density at radius 2 is 0.613 bits per heavy atom. The summed E-state index contributed by atoms with van der Waals surface area (Å²) in [4.78, 5) is 44.2. The van der Waals surface area contributed by atoms with Crippen LogP contribution in [-0.2, 0) is 146 Å². The van der Waals surface area contributed by atoms with Gasteiger partial charge in [0.1, 0.15) is 6.61 Å². The van der Waals surface area contributed by atoms with Crippen molar-refractivity contribution in [3.63, 3.8) is 0 Å². The van der Waals surface area contributed by atoms with E-state index in [9.17, 15) is 14.4 Å². The van der Waals surface area contributed by atoms with Gasteiger partial charge in [-0.3, -0.25) is 14.4 Å². The van der Waals surface area contributed by atoms with E-state index in [0.29, 0.717) is 330 Å². The molecule has 0 fully saturated rings. The Morgan fingerprint density at radius 3 is 0.901 bits per heavy atom. The number of carbonyl (C=O) groups is 3. The SMILES string of the molecule is COCCOCCOCCOCCOCCOCCOCCOCCOCCOCCOCCOCCOCCOCCOCCOCCOCCOCCOCCOCCOCCOCCOCCOCCC(=O)NCCCC[C@H](NC(=O)OCC1c2ccccc2-c2ccccc21)C(=O)Cc1ccc(CON)cc1. The van der Waals surface area contributed by atoms with Gasteiger partial charge in [0.05, 0.1) is 323 Å². The second-order valence-electron chi connectivity index (χ2n) is 24.5. The lowest BCUT2D eigenvalue weighted by atomic mass is 9.98. The van der Waals surface area contributed by atoms with Crippen LogP contribution in [0.15, 0.2) is 72.8 Å². The van der Waals surface area contributed by atoms with E-state index in [1.54, 1.807) is 7.11 Å². The van der Waals surface area contributed by atoms with Gasteiger partial charge in [0.25, 0.3) is 0 Å². The Labute approximate surface area is 657 Å². The number of unbranched alkanes of at least 4 members (excludes halogenated alkanes) is 1. The Hall–Kier alpha value is -4.97. The molecule has 32 heteroatoms. The summed E-state index contributed by atoms with van der Waals surface area (Å²) in [6, 6.07) is 22.8. The van der Waals surface area contributed by atoms with Crippen molar-refractivity contribution in [3.05, 3.63) is 95.1 Å². The standard InChI is InChI=1S/C79H131N3O29/c1-86-20-21-88-24-25-90-28-29-92-32-33-94-36-37-96-40-41-98-44-45-100-48-49-102-52-53-104-56-57-106-60-61-108-64-65-109-63-62-107-59-58-105-55-54-103-51-50-101-47-46-99-43-42-97-39-38-95-35-34-93-31-30-91-27-26-89-23-22-87-19-17-78(84)81-18-7-6-12-76(77(83)66-69-13-15-70(16-14-69)67-111-80)82-79(85)110-68-75-73-10-4-2-8-71(73)72-9-3-5-11-74(72)75/h2-5,8-11,13-16,75-76H,6-7,12,17-68,80H2,1H3,(H,81,84)(H,82,85)/t76-/m0/s1. The molecule has 111 heavy (non-hydrogen) atoms. The molecular weight excluding hydrogens is 1450 g/mol. The number of ether oxygens (including phenoxy) is 25. The minimum Gasteiger partial charge on any atom is -0.449 e. The number of hydrogen-bond donors (Lipinski definition) is 3. The molecule has 0 unspecified atom stereocenters. The van der Waals surface area contributed by atoms with Crippen molar-refractivity contribution in [1.29, 1.82) is 0 Å². The van der Waals surface area contributed by atoms with Crippen molar-refractivity contribution in [3.8, 4) is 11.1 Å². The molecule has 4 N–H and O–H groups in total. The minimum absolute atomic E-state index is 0.113. The van der Waals surface area contributed by atoms with Crippen LogP contribution in [0, 0.1) is 0 Å². The number of nitrogens with two attached hydrogens (primary N) is 1. The fourth-order valence-electron chi connectivity index (χ4n) is 10.3. The van der Waals surface area contributed by atoms with E-state index >= 15 is 0 Å². The lowest BCUT2D eigenvalue weighted by Gasteiger charge is -2.20. The van der Waals surface area contributed by atoms with E-state index in [1.807, 2.05) is 48.5 Å². The average Bonchev–Trinajstić information content (AvgIpc) is 1.62. The summed E-state index contributed by atoms with van der Waals surface area (Å²) in [6.07, 6.45) is 1.23. The van der Waals surface area contributed by atoms with Gasteiger partial charge in [-0.1, -0.05) is 72.8 Å². The molecule has 1 atom stereocenters. The Balaban J connectivity index is 0.757. The maximum absolute atomic E-state index is 13.6. The van der Waals surface area contributed by atoms with E-state index in [0.717, 1.165) is 33.4 Å². The van der Waals surface area contributed by atoms with Crippen LogP contribution in [0.3, 0.4) is 0 Å². The van der Waals surface area contributed by atoms with Gasteiger partial charge in [0, 0.05) is 32.4 Å². The highest BCUT2D eigenvalue weighted by atomic mass is 16.6. The van der Waals surface area contributed by atoms with Crippen molar-refractivity contribution >= 4 is 17.8 Å². The van der Waals surface area contributed by atoms with Crippen LogP contribution < -0.4 is 16.5 Å². The third-order valence-corrected chi connectivity index (χ3v) is 16.0. The van der Waals surface area contributed by atoms with Gasteiger partial charge in [0.15, 0.2) is 5.78 Å². The van der Waals surface area contributed by atoms with E-state index in [2.05, 4.69) is 34.9 Å². The van der Waals surface area contributed by atoms with Crippen molar-refractivity contribution < 1.29 is 138 Å². The first-order chi connectivity index (χ1) is 55.0. The smallest absolute Gasteiger partial charge is 0.407 e. The monoisotopic (exact) mass is 1590 g/mol. The average molecular weight is 1590 g/mol. The highest BCUT2D eigenvalue weighted by Gasteiger charge is 2.30. The molecule has 636 valence electrons. The maximum Gasteiger partial charge on any atom is 0.407 e. The van der Waals surface area contributed by atoms with Gasteiger partial charge in [-0.15, -0.1) is 0 Å². The predicted molar refractivity (Wildman–Crippen MR) is 408 cm³/mol. The van der Waals surface area contributed by atoms with Gasteiger partial charge in [-0.25, -0.2) is 10.7 Å². The van der Waals surface area contributed by atoms with Gasteiger partial charge in [-0.2, -0.15) is 0 Å². The molecule has 0 radical (unpaired) electrons. The summed E-state index contributed by atoms with van der Waals surface area (Å²) in [5.41, 5.74) is 6.13. The van der Waals surface area contributed by atoms with E-state index < -0.39 is 12.1 Å². The number of benzene rings is 3. The van der Waals surface area contributed by atoms with Crippen molar-refractivity contribution in [2.24, 2.45) is 5.90 Å². The lowest BCUT2D eigenvalue weighted by Crippen LogP contribution is -2.42. The molecule has 0 heterocycles. The number of methoxy groups -OCH3 is 1. The minimum atomic E-state index is -0.783. The van der Waals surface area contributed by atoms with Crippen LogP contribution in [-0.4, -0.2) is 355 Å². The molecule has 3 aromatic rings. The number of hydrogen-bond acceptors (Lipinski definition) is 30. The number of Topliss-reactive ketones (excluding diaryl/α,β-unsaturated/α-hetero) is 1. The number of alkyl carbamates (subject to hydrolysis) is 1. The van der Waals surface area contributed by atoms with Gasteiger partial charge in [0.2, 0.25) is 5.91 Å². The quantitative estimate of drug-likeness (QED) is 0.0504. The van der Waals surface area contributed by atoms with Gasteiger partial charge >= 0.3 is 6.09 Å². The fourth-order valence-corrected chi connectivity index (χ4v) is 10.3. The first-order valence-electron chi connectivity index (χ1n) is 39.1. The molecule has 0 aliphatic heterocycles. The van der Waals surface area contributed by atoms with Crippen LogP contribution in [0.5, 0.6) is 0 Å². The van der Waals surface area contributed by atoms with Gasteiger partial charge < -0.3 is 129 Å². The van der Waals surface area contributed by atoms with Crippen LogP contribution in [0.2, 0.25) is 0 Å². The van der Waals surface area contributed by atoms with Crippen LogP contribution in [0.4, 0.5) is 4.79 Å². The van der Waals surface area contributed by atoms with Crippen molar-refractivity contribution in [1.82, 2.24) is 10.6 Å². The first-order valence-corrected chi connectivity index (χ1v) is 39.1. The molecule has 1 aliphatic rings. The second kappa shape index (κ2) is 75.1. The fraction of sp³-hybridized carbons (Fsp3) is 0.734. The molecule has 1 aliphatic carbocycles. The zero-order valence-corrected chi connectivity index (χ0v) is 65.9. The molecule has 0 spiro atoms. The zero-order valence-electron chi connectivity index (χ0n) is 65.9. The molecule has 0 aromatic heterocycles. The predicted octanol–water partition coefficient (Wildman–Crippen LogP) is 4.80. The third-order valence-electron chi connectivity index (χ3n) is 16.0. The number of carbonyl (C=O) groups excluding carboxylic acids is 3. The second-order valence-corrected chi connectivity index (χ2v) is 24.5. The largest absolute Gasteiger partial charge is 0.449 e. The Bertz CT molecular complexity index is 2550. The summed E-state index contributed by atoms with van der Waals surface area (Å²) in [6.45, 7) is 22.9. The van der Waals surface area contributed by atoms with Crippen molar-refractivity contribution in [2.75, 3.05) is 331 Å². The molecule has 2 amide bonds. The maximum atomic E-state index is 13.6. The summed E-state index contributed by atoms with van der Waals surface area (Å²) in [7, 11) is 1.64. The summed E-state index contributed by atoms with van der Waals surface area (Å²) < 4.78 is 138. The number of fused-ring (bicyclic) bond motifs is 3. The summed E-state index contributed by atoms with van der Waals surface area (Å²) in [5.74, 6) is 4.82. The van der Waals surface area contributed by atoms with Crippen molar-refractivity contribution in [2.45, 2.75) is 50.7 Å². The zero-order chi connectivity index (χ0) is 78.5. The van der Waals surface area contributed by atoms with E-state index in [-0.39, 0.29) is 50.3 Å². The lowest BCUT2D eigenvalue weighted by molar-refractivity contribution is -0.122. The molecule has 3 aromatic carbocycles. The van der Waals surface area contributed by atoms with Crippen LogP contribution >= 0.6 is 0 Å². The summed E-state index contributed by atoms with van der Waals surface area (Å²) >= 11 is 0. The number of nitrogens with one attached hydrogen (secondary N) is 2. The molecule has 0 saturated heterocycles. The molecule has 0 bridgehead atoms. The Kier molecular flexibility index (Phi) is 66.6. The molecule has 0 saturated carbocycles. The summed E-state index contributed by atoms with van der Waals surface area (Å²) in [5, 5.41) is 5.75. The molecule has 32 nitrogen and oxygen atoms in total. The normalized spacial score (nSPS) is 12.3. The number of amides is 2. The van der Waals surface area contributed by atoms with Gasteiger partial charge in [-0.05, 0) is 52.6 Å². The van der Waals surface area contributed by atoms with Crippen LogP contribution in [0.25, 0.3) is 11.1 Å². The molecule has 4 rings (SSSR count). The Morgan fingerprint density at radius 1 is 0.342 bits per heavy atom.